The summed E-state index contributed by atoms with van der Waals surface area (Å²) in [5, 5.41) is 3.51. The van der Waals surface area contributed by atoms with Gasteiger partial charge in [0, 0.05) is 18.2 Å². The minimum absolute atomic E-state index is 0.158. The molecular weight excluding hydrogens is 341 g/mol. The third-order valence-electron chi connectivity index (χ3n) is 4.48. The molecule has 140 valence electrons. The highest BCUT2D eigenvalue weighted by Gasteiger charge is 2.09. The lowest BCUT2D eigenvalue weighted by Gasteiger charge is -2.16. The Morgan fingerprint density at radius 2 is 1.67 bits per heavy atom. The Hall–Kier alpha value is -2.85. The predicted octanol–water partition coefficient (Wildman–Crippen LogP) is 5.26. The third kappa shape index (κ3) is 5.08. The first-order chi connectivity index (χ1) is 13.2. The lowest BCUT2D eigenvalue weighted by molar-refractivity contribution is 0.279. The zero-order valence-electron chi connectivity index (χ0n) is 15.6. The van der Waals surface area contributed by atoms with Crippen molar-refractivity contribution in [2.45, 2.75) is 26.1 Å². The zero-order chi connectivity index (χ0) is 19.1. The van der Waals surface area contributed by atoms with Crippen LogP contribution in [0.2, 0.25) is 0 Å². The fourth-order valence-corrected chi connectivity index (χ4v) is 2.84. The van der Waals surface area contributed by atoms with Crippen LogP contribution in [0.25, 0.3) is 0 Å². The van der Waals surface area contributed by atoms with Gasteiger partial charge in [0.2, 0.25) is 0 Å². The summed E-state index contributed by atoms with van der Waals surface area (Å²) in [6, 6.07) is 23.0. The minimum Gasteiger partial charge on any atom is -0.493 e. The lowest BCUT2D eigenvalue weighted by Crippen LogP contribution is -2.18. The molecule has 0 heterocycles. The van der Waals surface area contributed by atoms with Crippen LogP contribution in [0.1, 0.15) is 29.7 Å². The molecule has 3 rings (SSSR count). The van der Waals surface area contributed by atoms with Gasteiger partial charge in [-0.15, -0.1) is 0 Å². The van der Waals surface area contributed by atoms with Gasteiger partial charge in [0.15, 0.2) is 11.5 Å². The standard InChI is InChI=1S/C23H24FNO2/c1-17(19-8-4-3-5-9-19)25-15-18-12-13-22(23(14-18)26-2)27-16-20-10-6-7-11-21(20)24/h3-14,17,25H,15-16H2,1-2H3. The molecule has 3 nitrogen and oxygen atoms in total. The molecule has 27 heavy (non-hydrogen) atoms. The maximum Gasteiger partial charge on any atom is 0.161 e. The van der Waals surface area contributed by atoms with E-state index in [0.717, 1.165) is 5.56 Å². The van der Waals surface area contributed by atoms with Crippen molar-refractivity contribution in [3.05, 3.63) is 95.3 Å². The number of rotatable bonds is 8. The molecule has 1 atom stereocenters. The first-order valence-electron chi connectivity index (χ1n) is 8.99. The van der Waals surface area contributed by atoms with Gasteiger partial charge in [-0.25, -0.2) is 4.39 Å². The number of methoxy groups -OCH3 is 1. The fraction of sp³-hybridized carbons (Fsp3) is 0.217. The van der Waals surface area contributed by atoms with Crippen molar-refractivity contribution < 1.29 is 13.9 Å². The molecule has 0 saturated heterocycles. The van der Waals surface area contributed by atoms with Crippen LogP contribution >= 0.6 is 0 Å². The molecule has 3 aromatic rings. The van der Waals surface area contributed by atoms with Crippen LogP contribution in [0.3, 0.4) is 0 Å². The van der Waals surface area contributed by atoms with Gasteiger partial charge in [-0.1, -0.05) is 54.6 Å². The van der Waals surface area contributed by atoms with Gasteiger partial charge in [0.05, 0.1) is 7.11 Å². The van der Waals surface area contributed by atoms with Crippen LogP contribution in [0, 0.1) is 5.82 Å². The van der Waals surface area contributed by atoms with E-state index in [1.165, 1.54) is 11.6 Å². The average Bonchev–Trinajstić information content (AvgIpc) is 2.72. The monoisotopic (exact) mass is 365 g/mol. The van der Waals surface area contributed by atoms with Gasteiger partial charge < -0.3 is 14.8 Å². The van der Waals surface area contributed by atoms with E-state index in [1.807, 2.05) is 36.4 Å². The maximum atomic E-state index is 13.7. The Morgan fingerprint density at radius 3 is 2.41 bits per heavy atom. The molecule has 4 heteroatoms. The molecule has 0 amide bonds. The summed E-state index contributed by atoms with van der Waals surface area (Å²) in [4.78, 5) is 0. The highest BCUT2D eigenvalue weighted by Crippen LogP contribution is 2.29. The van der Waals surface area contributed by atoms with Crippen LogP contribution < -0.4 is 14.8 Å². The molecule has 0 bridgehead atoms. The molecule has 0 radical (unpaired) electrons. The Balaban J connectivity index is 1.63. The largest absolute Gasteiger partial charge is 0.493 e. The summed E-state index contributed by atoms with van der Waals surface area (Å²) >= 11 is 0. The molecule has 0 fully saturated rings. The van der Waals surface area contributed by atoms with Gasteiger partial charge in [-0.2, -0.15) is 0 Å². The number of hydrogen-bond donors (Lipinski definition) is 1. The highest BCUT2D eigenvalue weighted by molar-refractivity contribution is 5.43. The van der Waals surface area contributed by atoms with Crippen molar-refractivity contribution >= 4 is 0 Å². The average molecular weight is 365 g/mol. The second-order valence-electron chi connectivity index (χ2n) is 6.38. The van der Waals surface area contributed by atoms with Crippen molar-refractivity contribution in [3.8, 4) is 11.5 Å². The molecule has 3 aromatic carbocycles. The van der Waals surface area contributed by atoms with Gasteiger partial charge in [0.25, 0.3) is 0 Å². The number of benzene rings is 3. The summed E-state index contributed by atoms with van der Waals surface area (Å²) in [6.07, 6.45) is 0. The van der Waals surface area contributed by atoms with Crippen molar-refractivity contribution in [1.29, 1.82) is 0 Å². The van der Waals surface area contributed by atoms with E-state index in [9.17, 15) is 4.39 Å². The molecule has 1 N–H and O–H groups in total. The Bertz CT molecular complexity index is 867. The summed E-state index contributed by atoms with van der Waals surface area (Å²) in [5.41, 5.74) is 2.85. The normalized spacial score (nSPS) is 11.8. The highest BCUT2D eigenvalue weighted by atomic mass is 19.1. The van der Waals surface area contributed by atoms with Gasteiger partial charge in [-0.3, -0.25) is 0 Å². The summed E-state index contributed by atoms with van der Waals surface area (Å²) in [7, 11) is 1.61. The van der Waals surface area contributed by atoms with Crippen LogP contribution in [-0.2, 0) is 13.2 Å². The van der Waals surface area contributed by atoms with E-state index in [2.05, 4.69) is 24.4 Å². The van der Waals surface area contributed by atoms with Crippen LogP contribution in [0.15, 0.2) is 72.8 Å². The quantitative estimate of drug-likeness (QED) is 0.590. The first kappa shape index (κ1) is 18.9. The van der Waals surface area contributed by atoms with Crippen molar-refractivity contribution in [2.24, 2.45) is 0 Å². The van der Waals surface area contributed by atoms with E-state index in [0.29, 0.717) is 23.6 Å². The summed E-state index contributed by atoms with van der Waals surface area (Å²) < 4.78 is 24.9. The van der Waals surface area contributed by atoms with Crippen molar-refractivity contribution in [1.82, 2.24) is 5.32 Å². The van der Waals surface area contributed by atoms with Gasteiger partial charge in [-0.05, 0) is 36.2 Å². The van der Waals surface area contributed by atoms with Crippen molar-refractivity contribution in [2.75, 3.05) is 7.11 Å². The molecule has 0 spiro atoms. The number of ether oxygens (including phenoxy) is 2. The van der Waals surface area contributed by atoms with Crippen LogP contribution in [0.4, 0.5) is 4.39 Å². The fourth-order valence-electron chi connectivity index (χ4n) is 2.84. The summed E-state index contributed by atoms with van der Waals surface area (Å²) in [5.74, 6) is 0.964. The molecule has 0 aliphatic carbocycles. The molecule has 0 aliphatic rings. The van der Waals surface area contributed by atoms with E-state index in [1.54, 1.807) is 25.3 Å². The van der Waals surface area contributed by atoms with E-state index < -0.39 is 0 Å². The Morgan fingerprint density at radius 1 is 0.926 bits per heavy atom. The Kier molecular flexibility index (Phi) is 6.44. The van der Waals surface area contributed by atoms with Crippen LogP contribution in [-0.4, -0.2) is 7.11 Å². The molecule has 1 unspecified atom stereocenters. The first-order valence-corrected chi connectivity index (χ1v) is 8.99. The van der Waals surface area contributed by atoms with E-state index in [4.69, 9.17) is 9.47 Å². The third-order valence-corrected chi connectivity index (χ3v) is 4.48. The zero-order valence-corrected chi connectivity index (χ0v) is 15.6. The second-order valence-corrected chi connectivity index (χ2v) is 6.38. The number of hydrogen-bond acceptors (Lipinski definition) is 3. The van der Waals surface area contributed by atoms with Crippen molar-refractivity contribution in [3.63, 3.8) is 0 Å². The van der Waals surface area contributed by atoms with Crippen LogP contribution in [0.5, 0.6) is 11.5 Å². The lowest BCUT2D eigenvalue weighted by atomic mass is 10.1. The van der Waals surface area contributed by atoms with Gasteiger partial charge >= 0.3 is 0 Å². The second kappa shape index (κ2) is 9.19. The van der Waals surface area contributed by atoms with E-state index in [-0.39, 0.29) is 18.5 Å². The number of nitrogens with one attached hydrogen (secondary N) is 1. The minimum atomic E-state index is -0.271. The topological polar surface area (TPSA) is 30.5 Å². The SMILES string of the molecule is COc1cc(CNC(C)c2ccccc2)ccc1OCc1ccccc1F. The molecule has 0 aromatic heterocycles. The molecular formula is C23H24FNO2. The molecule has 0 saturated carbocycles. The Labute approximate surface area is 159 Å². The summed E-state index contributed by atoms with van der Waals surface area (Å²) in [6.45, 7) is 3.00. The van der Waals surface area contributed by atoms with Gasteiger partial charge in [0.1, 0.15) is 12.4 Å². The maximum absolute atomic E-state index is 13.7. The predicted molar refractivity (Wildman–Crippen MR) is 105 cm³/mol. The smallest absolute Gasteiger partial charge is 0.161 e. The molecule has 0 aliphatic heterocycles. The number of halogens is 1. The van der Waals surface area contributed by atoms with E-state index >= 15 is 0 Å².